The highest BCUT2D eigenvalue weighted by atomic mass is 16.4. The molecule has 2 bridgehead atoms. The third kappa shape index (κ3) is 4.98. The molecule has 1 aromatic carbocycles. The number of piperidine rings is 1. The zero-order chi connectivity index (χ0) is 23.6. The van der Waals surface area contributed by atoms with Gasteiger partial charge in [0.25, 0.3) is 0 Å². The molecule has 3 heterocycles. The number of nitrogens with zero attached hydrogens (tertiary/aromatic N) is 2. The number of para-hydroxylation sites is 1. The Morgan fingerprint density at radius 2 is 1.58 bits per heavy atom. The lowest BCUT2D eigenvalue weighted by Gasteiger charge is -2.36. The number of aliphatic carboxylic acids is 2. The summed E-state index contributed by atoms with van der Waals surface area (Å²) in [5.74, 6) is -1.54. The first-order valence-corrected chi connectivity index (χ1v) is 12.0. The van der Waals surface area contributed by atoms with Crippen molar-refractivity contribution >= 4 is 23.5 Å². The molecule has 1 amide bonds. The number of fused-ring (bicyclic) bond motifs is 4. The van der Waals surface area contributed by atoms with Crippen LogP contribution in [0.2, 0.25) is 0 Å². The minimum atomic E-state index is -1.26. The highest BCUT2D eigenvalue weighted by Gasteiger charge is 2.46. The maximum atomic E-state index is 13.2. The molecule has 1 aliphatic carbocycles. The van der Waals surface area contributed by atoms with Gasteiger partial charge in [-0.2, -0.15) is 0 Å². The van der Waals surface area contributed by atoms with Crippen LogP contribution in [-0.4, -0.2) is 58.6 Å². The van der Waals surface area contributed by atoms with Gasteiger partial charge in [-0.15, -0.1) is 0 Å². The van der Waals surface area contributed by atoms with Crippen LogP contribution in [0.25, 0.3) is 0 Å². The number of anilines is 1. The second-order valence-electron chi connectivity index (χ2n) is 10.1. The van der Waals surface area contributed by atoms with Gasteiger partial charge in [0.05, 0.1) is 0 Å². The standard InChI is InChI=1S/C22H30N2O.C4H4O4/c1-23-17-8-9-18(23)13-16(12-17)14-21(25)24-15-22(10-4-5-11-22)19-6-2-3-7-20(19)24;5-3(6)1-2-4(7)8/h2-3,6-7,16-18H,4-5,8-15H2,1H3;1-2H,(H,5,6)(H,7,8). The Bertz CT molecular complexity index is 906. The van der Waals surface area contributed by atoms with Gasteiger partial charge in [0.2, 0.25) is 5.91 Å². The summed E-state index contributed by atoms with van der Waals surface area (Å²) in [6, 6.07) is 10.2. The molecule has 2 unspecified atom stereocenters. The third-order valence-corrected chi connectivity index (χ3v) is 8.12. The number of benzene rings is 1. The summed E-state index contributed by atoms with van der Waals surface area (Å²) in [4.78, 5) is 37.1. The van der Waals surface area contributed by atoms with Crippen LogP contribution in [0, 0.1) is 5.92 Å². The lowest BCUT2D eigenvalue weighted by Crippen LogP contribution is -2.42. The average Bonchev–Trinajstić information content (AvgIpc) is 3.43. The molecule has 1 spiro atoms. The fourth-order valence-electron chi connectivity index (χ4n) is 6.52. The third-order valence-electron chi connectivity index (χ3n) is 8.12. The molecule has 1 saturated carbocycles. The zero-order valence-electron chi connectivity index (χ0n) is 19.3. The number of carbonyl (C=O) groups is 3. The lowest BCUT2D eigenvalue weighted by atomic mass is 9.81. The van der Waals surface area contributed by atoms with Crippen molar-refractivity contribution in [3.05, 3.63) is 42.0 Å². The van der Waals surface area contributed by atoms with Crippen LogP contribution < -0.4 is 4.90 Å². The SMILES string of the molecule is CN1C2CCC1CC(CC(=O)N1CC3(CCCC3)c3ccccc31)C2.O=C(O)C=CC(=O)O. The molecule has 2 saturated heterocycles. The van der Waals surface area contributed by atoms with Gasteiger partial charge in [0, 0.05) is 48.3 Å². The van der Waals surface area contributed by atoms with E-state index in [0.717, 1.165) is 25.0 Å². The molecule has 33 heavy (non-hydrogen) atoms. The summed E-state index contributed by atoms with van der Waals surface area (Å²) in [6.45, 7) is 0.935. The van der Waals surface area contributed by atoms with E-state index in [4.69, 9.17) is 10.2 Å². The van der Waals surface area contributed by atoms with Crippen LogP contribution in [0.15, 0.2) is 36.4 Å². The number of carboxylic acids is 2. The first-order chi connectivity index (χ1) is 15.8. The van der Waals surface area contributed by atoms with Gasteiger partial charge in [-0.25, -0.2) is 9.59 Å². The smallest absolute Gasteiger partial charge is 0.328 e. The Hall–Kier alpha value is -2.67. The molecule has 5 rings (SSSR count). The Labute approximate surface area is 195 Å². The molecule has 178 valence electrons. The van der Waals surface area contributed by atoms with Crippen molar-refractivity contribution in [3.63, 3.8) is 0 Å². The van der Waals surface area contributed by atoms with Crippen molar-refractivity contribution in [3.8, 4) is 0 Å². The van der Waals surface area contributed by atoms with Crippen molar-refractivity contribution in [2.45, 2.75) is 75.3 Å². The fourth-order valence-corrected chi connectivity index (χ4v) is 6.52. The predicted octanol–water partition coefficient (Wildman–Crippen LogP) is 3.82. The normalized spacial score (nSPS) is 27.4. The van der Waals surface area contributed by atoms with E-state index in [0.29, 0.717) is 24.0 Å². The monoisotopic (exact) mass is 454 g/mol. The molecule has 7 heteroatoms. The number of amides is 1. The number of carbonyl (C=O) groups excluding carboxylic acids is 1. The van der Waals surface area contributed by atoms with Gasteiger partial charge in [-0.3, -0.25) is 4.79 Å². The topological polar surface area (TPSA) is 98.2 Å². The molecular formula is C26H34N2O5. The Morgan fingerprint density at radius 1 is 1.00 bits per heavy atom. The second-order valence-corrected chi connectivity index (χ2v) is 10.1. The van der Waals surface area contributed by atoms with E-state index in [-0.39, 0.29) is 5.41 Å². The number of hydrogen-bond acceptors (Lipinski definition) is 4. The maximum absolute atomic E-state index is 13.2. The van der Waals surface area contributed by atoms with E-state index in [2.05, 4.69) is 41.1 Å². The lowest BCUT2D eigenvalue weighted by molar-refractivity contribution is -0.134. The highest BCUT2D eigenvalue weighted by molar-refractivity contribution is 5.96. The first-order valence-electron chi connectivity index (χ1n) is 12.0. The van der Waals surface area contributed by atoms with E-state index in [1.165, 1.54) is 62.6 Å². The molecule has 7 nitrogen and oxygen atoms in total. The van der Waals surface area contributed by atoms with Crippen molar-refractivity contribution in [1.82, 2.24) is 4.90 Å². The molecule has 2 N–H and O–H groups in total. The number of hydrogen-bond donors (Lipinski definition) is 2. The van der Waals surface area contributed by atoms with E-state index >= 15 is 0 Å². The largest absolute Gasteiger partial charge is 0.478 e. The van der Waals surface area contributed by atoms with E-state index in [1.54, 1.807) is 0 Å². The first kappa shape index (κ1) is 23.5. The molecular weight excluding hydrogens is 420 g/mol. The number of rotatable bonds is 4. The average molecular weight is 455 g/mol. The number of carboxylic acid groups (broad SMARTS) is 2. The molecule has 1 aromatic rings. The van der Waals surface area contributed by atoms with Crippen molar-refractivity contribution < 1.29 is 24.6 Å². The van der Waals surface area contributed by atoms with Crippen LogP contribution in [-0.2, 0) is 19.8 Å². The van der Waals surface area contributed by atoms with Crippen LogP contribution in [0.5, 0.6) is 0 Å². The van der Waals surface area contributed by atoms with Crippen LogP contribution in [0.3, 0.4) is 0 Å². The van der Waals surface area contributed by atoms with Crippen LogP contribution in [0.4, 0.5) is 5.69 Å². The van der Waals surface area contributed by atoms with E-state index in [9.17, 15) is 14.4 Å². The second kappa shape index (κ2) is 9.67. The summed E-state index contributed by atoms with van der Waals surface area (Å²) in [6.07, 6.45) is 12.1. The van der Waals surface area contributed by atoms with Crippen molar-refractivity contribution in [2.75, 3.05) is 18.5 Å². The quantitative estimate of drug-likeness (QED) is 0.671. The maximum Gasteiger partial charge on any atom is 0.328 e. The summed E-state index contributed by atoms with van der Waals surface area (Å²) in [5, 5.41) is 15.6. The van der Waals surface area contributed by atoms with Crippen molar-refractivity contribution in [2.24, 2.45) is 5.92 Å². The minimum Gasteiger partial charge on any atom is -0.478 e. The summed E-state index contributed by atoms with van der Waals surface area (Å²) in [5.41, 5.74) is 2.92. The minimum absolute atomic E-state index is 0.262. The van der Waals surface area contributed by atoms with Crippen LogP contribution in [0.1, 0.15) is 63.4 Å². The van der Waals surface area contributed by atoms with Crippen LogP contribution >= 0.6 is 0 Å². The zero-order valence-corrected chi connectivity index (χ0v) is 19.3. The van der Waals surface area contributed by atoms with Gasteiger partial charge in [0.15, 0.2) is 0 Å². The molecule has 0 aromatic heterocycles. The summed E-state index contributed by atoms with van der Waals surface area (Å²) in [7, 11) is 2.28. The summed E-state index contributed by atoms with van der Waals surface area (Å²) >= 11 is 0. The summed E-state index contributed by atoms with van der Waals surface area (Å²) < 4.78 is 0. The van der Waals surface area contributed by atoms with Gasteiger partial charge in [-0.1, -0.05) is 31.0 Å². The van der Waals surface area contributed by atoms with Gasteiger partial charge < -0.3 is 20.0 Å². The van der Waals surface area contributed by atoms with Gasteiger partial charge in [-0.05, 0) is 63.1 Å². The van der Waals surface area contributed by atoms with Gasteiger partial charge in [0.1, 0.15) is 0 Å². The highest BCUT2D eigenvalue weighted by Crippen LogP contribution is 2.50. The fraction of sp³-hybridized carbons (Fsp3) is 0.577. The van der Waals surface area contributed by atoms with E-state index < -0.39 is 11.9 Å². The molecule has 3 aliphatic heterocycles. The molecule has 0 radical (unpaired) electrons. The van der Waals surface area contributed by atoms with Crippen molar-refractivity contribution in [1.29, 1.82) is 0 Å². The van der Waals surface area contributed by atoms with Gasteiger partial charge >= 0.3 is 11.9 Å². The Balaban J connectivity index is 0.000000281. The molecule has 4 aliphatic rings. The van der Waals surface area contributed by atoms with E-state index in [1.807, 2.05) is 0 Å². The Morgan fingerprint density at radius 3 is 2.15 bits per heavy atom. The predicted molar refractivity (Wildman–Crippen MR) is 125 cm³/mol. The Kier molecular flexibility index (Phi) is 6.88. The molecule has 3 fully saturated rings. The molecule has 2 atom stereocenters.